The number of sulfonamides is 1. The van der Waals surface area contributed by atoms with E-state index in [-0.39, 0.29) is 5.56 Å². The van der Waals surface area contributed by atoms with Crippen molar-refractivity contribution in [2.75, 3.05) is 32.4 Å². The number of hydrogen-bond donors (Lipinski definition) is 1. The molecule has 0 spiro atoms. The van der Waals surface area contributed by atoms with Gasteiger partial charge in [-0.05, 0) is 19.4 Å². The summed E-state index contributed by atoms with van der Waals surface area (Å²) in [4.78, 5) is 23.7. The number of thiophene rings is 1. The van der Waals surface area contributed by atoms with Gasteiger partial charge in [-0.3, -0.25) is 9.69 Å². The van der Waals surface area contributed by atoms with Crippen LogP contribution in [0.3, 0.4) is 0 Å². The van der Waals surface area contributed by atoms with Crippen LogP contribution in [-0.2, 0) is 16.6 Å². The second kappa shape index (κ2) is 5.97. The fourth-order valence-electron chi connectivity index (χ4n) is 2.81. The molecule has 2 aromatic rings. The van der Waals surface area contributed by atoms with Crippen molar-refractivity contribution in [3.05, 3.63) is 26.6 Å². The molecule has 1 aliphatic heterocycles. The summed E-state index contributed by atoms with van der Waals surface area (Å²) in [5, 5.41) is 0.679. The SMILES string of the molecule is Cc1sc2nc(CN3CCN(S(C)(=O)=O)CC3)[nH]c(=O)c2c1C. The highest BCUT2D eigenvalue weighted by atomic mass is 32.2. The predicted molar refractivity (Wildman–Crippen MR) is 91.4 cm³/mol. The van der Waals surface area contributed by atoms with Gasteiger partial charge in [0.05, 0.1) is 18.2 Å². The topological polar surface area (TPSA) is 86.4 Å². The Morgan fingerprint density at radius 3 is 2.48 bits per heavy atom. The van der Waals surface area contributed by atoms with E-state index in [1.165, 1.54) is 21.9 Å². The van der Waals surface area contributed by atoms with Gasteiger partial charge in [0.25, 0.3) is 5.56 Å². The average Bonchev–Trinajstić information content (AvgIpc) is 2.74. The summed E-state index contributed by atoms with van der Waals surface area (Å²) in [6.45, 7) is 6.68. The largest absolute Gasteiger partial charge is 0.309 e. The number of hydrogen-bond acceptors (Lipinski definition) is 6. The molecule has 126 valence electrons. The van der Waals surface area contributed by atoms with E-state index in [0.29, 0.717) is 43.9 Å². The number of aryl methyl sites for hydroxylation is 2. The molecule has 1 N–H and O–H groups in total. The highest BCUT2D eigenvalue weighted by Gasteiger charge is 2.24. The van der Waals surface area contributed by atoms with Gasteiger partial charge in [0.2, 0.25) is 10.0 Å². The molecule has 0 atom stereocenters. The maximum Gasteiger partial charge on any atom is 0.259 e. The third-order valence-electron chi connectivity index (χ3n) is 4.26. The van der Waals surface area contributed by atoms with Crippen LogP contribution in [0.4, 0.5) is 0 Å². The lowest BCUT2D eigenvalue weighted by atomic mass is 10.2. The first-order valence-electron chi connectivity index (χ1n) is 7.42. The molecule has 1 aliphatic rings. The summed E-state index contributed by atoms with van der Waals surface area (Å²) >= 11 is 1.54. The molecule has 0 aliphatic carbocycles. The number of piperazine rings is 1. The Kier molecular flexibility index (Phi) is 4.30. The summed E-state index contributed by atoms with van der Waals surface area (Å²) in [6, 6.07) is 0. The lowest BCUT2D eigenvalue weighted by Crippen LogP contribution is -2.48. The van der Waals surface area contributed by atoms with Crippen LogP contribution in [0.1, 0.15) is 16.3 Å². The molecular weight excluding hydrogens is 336 g/mol. The average molecular weight is 356 g/mol. The van der Waals surface area contributed by atoms with Gasteiger partial charge in [-0.15, -0.1) is 11.3 Å². The van der Waals surface area contributed by atoms with Crippen molar-refractivity contribution in [3.63, 3.8) is 0 Å². The van der Waals surface area contributed by atoms with Crippen LogP contribution < -0.4 is 5.56 Å². The van der Waals surface area contributed by atoms with Gasteiger partial charge < -0.3 is 4.98 Å². The molecule has 0 bridgehead atoms. The third kappa shape index (κ3) is 3.32. The Morgan fingerprint density at radius 2 is 1.87 bits per heavy atom. The van der Waals surface area contributed by atoms with Crippen molar-refractivity contribution in [3.8, 4) is 0 Å². The van der Waals surface area contributed by atoms with Crippen LogP contribution in [0.25, 0.3) is 10.2 Å². The number of aromatic nitrogens is 2. The molecule has 7 nitrogen and oxygen atoms in total. The number of nitrogens with zero attached hydrogens (tertiary/aromatic N) is 3. The van der Waals surface area contributed by atoms with E-state index in [9.17, 15) is 13.2 Å². The first kappa shape index (κ1) is 16.6. The van der Waals surface area contributed by atoms with Crippen molar-refractivity contribution in [2.45, 2.75) is 20.4 Å². The van der Waals surface area contributed by atoms with Crippen molar-refractivity contribution in [1.82, 2.24) is 19.2 Å². The van der Waals surface area contributed by atoms with Crippen molar-refractivity contribution >= 4 is 31.6 Å². The molecule has 2 aromatic heterocycles. The molecule has 3 rings (SSSR count). The molecule has 0 unspecified atom stereocenters. The summed E-state index contributed by atoms with van der Waals surface area (Å²) in [6.07, 6.45) is 1.23. The lowest BCUT2D eigenvalue weighted by Gasteiger charge is -2.32. The van der Waals surface area contributed by atoms with Gasteiger partial charge in [0, 0.05) is 31.1 Å². The second-order valence-electron chi connectivity index (χ2n) is 5.91. The van der Waals surface area contributed by atoms with Crippen molar-refractivity contribution in [1.29, 1.82) is 0 Å². The van der Waals surface area contributed by atoms with E-state index in [2.05, 4.69) is 14.9 Å². The Bertz CT molecular complexity index is 893. The molecule has 0 radical (unpaired) electrons. The number of rotatable bonds is 3. The van der Waals surface area contributed by atoms with Crippen LogP contribution in [0.15, 0.2) is 4.79 Å². The van der Waals surface area contributed by atoms with E-state index in [1.807, 2.05) is 13.8 Å². The molecule has 23 heavy (non-hydrogen) atoms. The summed E-state index contributed by atoms with van der Waals surface area (Å²) in [5.74, 6) is 0.636. The van der Waals surface area contributed by atoms with E-state index in [1.54, 1.807) is 0 Å². The second-order valence-corrected chi connectivity index (χ2v) is 9.10. The summed E-state index contributed by atoms with van der Waals surface area (Å²) in [7, 11) is -3.12. The standard InChI is InChI=1S/C14H20N4O3S2/c1-9-10(2)22-14-12(9)13(19)15-11(16-14)8-17-4-6-18(7-5-17)23(3,20)21/h4-8H2,1-3H3,(H,15,16,19). The van der Waals surface area contributed by atoms with Crippen molar-refractivity contribution in [2.24, 2.45) is 0 Å². The molecule has 3 heterocycles. The van der Waals surface area contributed by atoms with Gasteiger partial charge in [-0.25, -0.2) is 13.4 Å². The van der Waals surface area contributed by atoms with Gasteiger partial charge in [0.1, 0.15) is 10.7 Å². The molecule has 0 aromatic carbocycles. The molecule has 0 saturated carbocycles. The number of fused-ring (bicyclic) bond motifs is 1. The maximum absolute atomic E-state index is 12.3. The van der Waals surface area contributed by atoms with Gasteiger partial charge in [-0.2, -0.15) is 4.31 Å². The Balaban J connectivity index is 1.77. The predicted octanol–water partition coefficient (Wildman–Crippen LogP) is 0.679. The minimum absolute atomic E-state index is 0.0957. The fourth-order valence-corrected chi connectivity index (χ4v) is 4.68. The smallest absolute Gasteiger partial charge is 0.259 e. The molecule has 1 fully saturated rings. The van der Waals surface area contributed by atoms with E-state index >= 15 is 0 Å². The van der Waals surface area contributed by atoms with Crippen LogP contribution in [-0.4, -0.2) is 60.0 Å². The fraction of sp³-hybridized carbons (Fsp3) is 0.571. The van der Waals surface area contributed by atoms with Crippen LogP contribution in [0, 0.1) is 13.8 Å². The number of nitrogens with one attached hydrogen (secondary N) is 1. The Labute approximate surface area is 139 Å². The minimum Gasteiger partial charge on any atom is -0.309 e. The number of H-pyrrole nitrogens is 1. The summed E-state index contributed by atoms with van der Waals surface area (Å²) in [5.41, 5.74) is 0.897. The van der Waals surface area contributed by atoms with Gasteiger partial charge in [0.15, 0.2) is 0 Å². The van der Waals surface area contributed by atoms with Crippen molar-refractivity contribution < 1.29 is 8.42 Å². The lowest BCUT2D eigenvalue weighted by molar-refractivity contribution is 0.178. The summed E-state index contributed by atoms with van der Waals surface area (Å²) < 4.78 is 24.5. The van der Waals surface area contributed by atoms with Gasteiger partial charge >= 0.3 is 0 Å². The van der Waals surface area contributed by atoms with E-state index < -0.39 is 10.0 Å². The van der Waals surface area contributed by atoms with Crippen LogP contribution in [0.5, 0.6) is 0 Å². The van der Waals surface area contributed by atoms with E-state index in [0.717, 1.165) is 15.3 Å². The van der Waals surface area contributed by atoms with Gasteiger partial charge in [-0.1, -0.05) is 0 Å². The maximum atomic E-state index is 12.3. The monoisotopic (exact) mass is 356 g/mol. The Hall–Kier alpha value is -1.29. The molecule has 9 heteroatoms. The minimum atomic E-state index is -3.12. The first-order valence-corrected chi connectivity index (χ1v) is 10.1. The van der Waals surface area contributed by atoms with E-state index in [4.69, 9.17) is 0 Å². The zero-order valence-corrected chi connectivity index (χ0v) is 15.1. The molecular formula is C14H20N4O3S2. The third-order valence-corrected chi connectivity index (χ3v) is 6.67. The van der Waals surface area contributed by atoms with Crippen LogP contribution in [0.2, 0.25) is 0 Å². The quantitative estimate of drug-likeness (QED) is 0.874. The number of aromatic amines is 1. The normalized spacial score (nSPS) is 17.9. The zero-order chi connectivity index (χ0) is 16.8. The zero-order valence-electron chi connectivity index (χ0n) is 13.4. The highest BCUT2D eigenvalue weighted by Crippen LogP contribution is 2.25. The molecule has 1 saturated heterocycles. The molecule has 0 amide bonds. The highest BCUT2D eigenvalue weighted by molar-refractivity contribution is 7.88. The first-order chi connectivity index (χ1) is 10.8. The Morgan fingerprint density at radius 1 is 1.22 bits per heavy atom. The van der Waals surface area contributed by atoms with Crippen LogP contribution >= 0.6 is 11.3 Å².